The molecule has 1 unspecified atom stereocenters. The maximum Gasteiger partial charge on any atom is 0.295 e. The third-order valence-electron chi connectivity index (χ3n) is 5.17. The number of aliphatic hydroxyl groups is 1. The van der Waals surface area contributed by atoms with Crippen LogP contribution in [0.5, 0.6) is 11.5 Å². The molecule has 1 aromatic heterocycles. The molecule has 0 saturated carbocycles. The van der Waals surface area contributed by atoms with Crippen LogP contribution in [0.15, 0.2) is 48.2 Å². The summed E-state index contributed by atoms with van der Waals surface area (Å²) in [5, 5.41) is 11.3. The van der Waals surface area contributed by atoms with E-state index in [1.807, 2.05) is 13.8 Å². The smallest absolute Gasteiger partial charge is 0.295 e. The number of pyridine rings is 1. The van der Waals surface area contributed by atoms with Gasteiger partial charge in [0.05, 0.1) is 31.6 Å². The first kappa shape index (κ1) is 23.3. The highest BCUT2D eigenvalue weighted by Crippen LogP contribution is 2.42. The number of ether oxygens (including phenoxy) is 3. The van der Waals surface area contributed by atoms with Gasteiger partial charge in [-0.1, -0.05) is 12.1 Å². The molecule has 1 aromatic carbocycles. The highest BCUT2D eigenvalue weighted by molar-refractivity contribution is 6.46. The number of ketones is 1. The van der Waals surface area contributed by atoms with Crippen LogP contribution in [0.25, 0.3) is 5.76 Å². The van der Waals surface area contributed by atoms with E-state index in [2.05, 4.69) is 4.98 Å². The number of hydrogen-bond donors (Lipinski definition) is 1. The van der Waals surface area contributed by atoms with Crippen molar-refractivity contribution in [2.24, 2.45) is 0 Å². The van der Waals surface area contributed by atoms with Crippen molar-refractivity contribution in [2.45, 2.75) is 32.4 Å². The lowest BCUT2D eigenvalue weighted by molar-refractivity contribution is -0.140. The molecule has 32 heavy (non-hydrogen) atoms. The van der Waals surface area contributed by atoms with E-state index >= 15 is 0 Å². The van der Waals surface area contributed by atoms with Crippen molar-refractivity contribution in [3.05, 3.63) is 59.4 Å². The maximum absolute atomic E-state index is 13.1. The number of amides is 1. The molecule has 1 aliphatic heterocycles. The summed E-state index contributed by atoms with van der Waals surface area (Å²) in [5.41, 5.74) is 0.632. The Hall–Kier alpha value is -3.39. The molecular weight excluding hydrogens is 412 g/mol. The number of likely N-dealkylation sites (tertiary alicyclic amines) is 1. The summed E-state index contributed by atoms with van der Waals surface area (Å²) in [6.07, 6.45) is 2.18. The van der Waals surface area contributed by atoms with Crippen LogP contribution < -0.4 is 9.47 Å². The first-order valence-electron chi connectivity index (χ1n) is 10.4. The van der Waals surface area contributed by atoms with E-state index in [4.69, 9.17) is 14.2 Å². The fraction of sp³-hybridized carbons (Fsp3) is 0.375. The minimum absolute atomic E-state index is 0.0544. The Balaban J connectivity index is 2.11. The third-order valence-corrected chi connectivity index (χ3v) is 5.17. The van der Waals surface area contributed by atoms with Gasteiger partial charge in [0.15, 0.2) is 0 Å². The number of carbonyl (C=O) groups is 2. The molecular formula is C24H28N2O6. The molecule has 1 amide bonds. The number of benzene rings is 1. The van der Waals surface area contributed by atoms with Crippen LogP contribution >= 0.6 is 0 Å². The van der Waals surface area contributed by atoms with Gasteiger partial charge in [-0.3, -0.25) is 14.6 Å². The molecule has 1 N–H and O–H groups in total. The van der Waals surface area contributed by atoms with Crippen molar-refractivity contribution in [2.75, 3.05) is 27.4 Å². The summed E-state index contributed by atoms with van der Waals surface area (Å²) >= 11 is 0. The molecule has 1 atom stereocenters. The van der Waals surface area contributed by atoms with Gasteiger partial charge >= 0.3 is 0 Å². The Morgan fingerprint density at radius 3 is 2.34 bits per heavy atom. The van der Waals surface area contributed by atoms with Crippen LogP contribution in [0, 0.1) is 0 Å². The number of carbonyl (C=O) groups excluding carboxylic acids is 2. The van der Waals surface area contributed by atoms with Crippen molar-refractivity contribution in [1.82, 2.24) is 9.88 Å². The summed E-state index contributed by atoms with van der Waals surface area (Å²) in [7, 11) is 2.91. The molecule has 8 heteroatoms. The summed E-state index contributed by atoms with van der Waals surface area (Å²) in [6.45, 7) is 4.58. The number of rotatable bonds is 9. The van der Waals surface area contributed by atoms with Gasteiger partial charge in [0.2, 0.25) is 0 Å². The van der Waals surface area contributed by atoms with Gasteiger partial charge in [-0.2, -0.15) is 0 Å². The minimum Gasteiger partial charge on any atom is -0.506 e. The van der Waals surface area contributed by atoms with Crippen LogP contribution in [0.3, 0.4) is 0 Å². The van der Waals surface area contributed by atoms with E-state index in [1.54, 1.807) is 42.6 Å². The lowest BCUT2D eigenvalue weighted by Crippen LogP contribution is -2.31. The van der Waals surface area contributed by atoms with Crippen molar-refractivity contribution >= 4 is 17.4 Å². The quantitative estimate of drug-likeness (QED) is 0.276. The Bertz CT molecular complexity index is 981. The minimum atomic E-state index is -0.843. The monoisotopic (exact) mass is 440 g/mol. The lowest BCUT2D eigenvalue weighted by atomic mass is 9.97. The molecule has 2 aromatic rings. The fourth-order valence-corrected chi connectivity index (χ4v) is 3.73. The molecule has 170 valence electrons. The van der Waals surface area contributed by atoms with Crippen molar-refractivity contribution in [3.8, 4) is 11.5 Å². The predicted molar refractivity (Wildman–Crippen MR) is 118 cm³/mol. The van der Waals surface area contributed by atoms with Crippen molar-refractivity contribution in [3.63, 3.8) is 0 Å². The molecule has 0 radical (unpaired) electrons. The average Bonchev–Trinajstić information content (AvgIpc) is 3.06. The number of aliphatic hydroxyl groups excluding tert-OH is 1. The number of methoxy groups -OCH3 is 2. The van der Waals surface area contributed by atoms with Crippen LogP contribution in [-0.4, -0.2) is 60.2 Å². The molecule has 0 aliphatic carbocycles. The third kappa shape index (κ3) is 4.60. The van der Waals surface area contributed by atoms with E-state index in [0.717, 1.165) is 0 Å². The number of aromatic nitrogens is 1. The zero-order valence-corrected chi connectivity index (χ0v) is 18.7. The van der Waals surface area contributed by atoms with Gasteiger partial charge in [0.1, 0.15) is 28.9 Å². The van der Waals surface area contributed by atoms with E-state index < -0.39 is 17.7 Å². The van der Waals surface area contributed by atoms with Gasteiger partial charge in [-0.15, -0.1) is 0 Å². The predicted octanol–water partition coefficient (Wildman–Crippen LogP) is 3.34. The zero-order chi connectivity index (χ0) is 23.3. The second-order valence-corrected chi connectivity index (χ2v) is 7.56. The largest absolute Gasteiger partial charge is 0.506 e. The molecule has 2 heterocycles. The van der Waals surface area contributed by atoms with Gasteiger partial charge in [-0.25, -0.2) is 0 Å². The second-order valence-electron chi connectivity index (χ2n) is 7.56. The van der Waals surface area contributed by atoms with Gasteiger partial charge in [0, 0.05) is 19.3 Å². The van der Waals surface area contributed by atoms with Gasteiger partial charge in [0.25, 0.3) is 11.7 Å². The number of nitrogens with zero attached hydrogens (tertiary/aromatic N) is 2. The molecule has 0 bridgehead atoms. The van der Waals surface area contributed by atoms with E-state index in [0.29, 0.717) is 30.2 Å². The Kier molecular flexibility index (Phi) is 7.48. The van der Waals surface area contributed by atoms with Crippen molar-refractivity contribution in [1.29, 1.82) is 0 Å². The fourth-order valence-electron chi connectivity index (χ4n) is 3.73. The van der Waals surface area contributed by atoms with E-state index in [9.17, 15) is 14.7 Å². The Morgan fingerprint density at radius 1 is 1.09 bits per heavy atom. The molecule has 1 aliphatic rings. The first-order valence-corrected chi connectivity index (χ1v) is 10.4. The molecule has 1 fully saturated rings. The van der Waals surface area contributed by atoms with E-state index in [1.165, 1.54) is 19.1 Å². The SMILES string of the molecule is COc1cccc(OC)c1/C(O)=C1\C(=O)C(=O)N(CCCOC(C)C)C1c1ccccn1. The molecule has 1 saturated heterocycles. The van der Waals surface area contributed by atoms with Crippen LogP contribution in [0.1, 0.15) is 37.6 Å². The summed E-state index contributed by atoms with van der Waals surface area (Å²) < 4.78 is 16.3. The summed E-state index contributed by atoms with van der Waals surface area (Å²) in [6, 6.07) is 9.40. The zero-order valence-electron chi connectivity index (χ0n) is 18.7. The van der Waals surface area contributed by atoms with Crippen LogP contribution in [-0.2, 0) is 14.3 Å². The van der Waals surface area contributed by atoms with Crippen LogP contribution in [0.2, 0.25) is 0 Å². The maximum atomic E-state index is 13.1. The first-order chi connectivity index (χ1) is 15.4. The molecule has 8 nitrogen and oxygen atoms in total. The van der Waals surface area contributed by atoms with Crippen molar-refractivity contribution < 1.29 is 28.9 Å². The highest BCUT2D eigenvalue weighted by atomic mass is 16.5. The number of Topliss-reactive ketones (excluding diaryl/α,β-unsaturated/α-hetero) is 1. The van der Waals surface area contributed by atoms with Gasteiger partial charge < -0.3 is 24.2 Å². The van der Waals surface area contributed by atoms with Crippen LogP contribution in [0.4, 0.5) is 0 Å². The topological polar surface area (TPSA) is 98.2 Å². The van der Waals surface area contributed by atoms with E-state index in [-0.39, 0.29) is 29.5 Å². The second kappa shape index (κ2) is 10.3. The molecule has 0 spiro atoms. The Morgan fingerprint density at radius 2 is 1.78 bits per heavy atom. The number of hydrogen-bond acceptors (Lipinski definition) is 7. The Labute approximate surface area is 187 Å². The standard InChI is InChI=1S/C24H28N2O6/c1-15(2)32-14-8-13-26-21(16-9-5-6-12-25-16)20(23(28)24(26)29)22(27)19-17(30-3)10-7-11-18(19)31-4/h5-7,9-12,15,21,27H,8,13-14H2,1-4H3/b22-20+. The normalized spacial score (nSPS) is 17.8. The average molecular weight is 440 g/mol. The summed E-state index contributed by atoms with van der Waals surface area (Å²) in [5.74, 6) is -1.21. The summed E-state index contributed by atoms with van der Waals surface area (Å²) in [4.78, 5) is 31.9. The van der Waals surface area contributed by atoms with Gasteiger partial charge in [-0.05, 0) is 44.5 Å². The molecule has 3 rings (SSSR count). The highest BCUT2D eigenvalue weighted by Gasteiger charge is 2.47. The lowest BCUT2D eigenvalue weighted by Gasteiger charge is -2.25.